The molecule has 0 bridgehead atoms. The van der Waals surface area contributed by atoms with Crippen molar-refractivity contribution in [2.45, 2.75) is 157 Å². The summed E-state index contributed by atoms with van der Waals surface area (Å²) in [6.45, 7) is 13.5. The van der Waals surface area contributed by atoms with Crippen LogP contribution in [-0.4, -0.2) is 4.70 Å². The predicted molar refractivity (Wildman–Crippen MR) is 246 cm³/mol. The van der Waals surface area contributed by atoms with Gasteiger partial charge < -0.3 is 5.53 Å². The molecule has 0 saturated carbocycles. The predicted octanol–water partition coefficient (Wildman–Crippen LogP) is 15.7. The van der Waals surface area contributed by atoms with E-state index in [4.69, 9.17) is 6.92 Å². The first-order chi connectivity index (χ1) is 29.0. The van der Waals surface area contributed by atoms with Crippen molar-refractivity contribution < 1.29 is 30.3 Å². The van der Waals surface area contributed by atoms with Crippen molar-refractivity contribution in [2.75, 3.05) is 0 Å². The summed E-state index contributed by atoms with van der Waals surface area (Å²) in [6.07, 6.45) is 20.1. The van der Waals surface area contributed by atoms with Crippen molar-refractivity contribution in [3.8, 4) is 23.3 Å². The summed E-state index contributed by atoms with van der Waals surface area (Å²) in [4.78, 5) is 0. The van der Waals surface area contributed by atoms with Gasteiger partial charge in [-0.2, -0.15) is 0 Å². The van der Waals surface area contributed by atoms with Crippen LogP contribution in [0.25, 0.3) is 16.9 Å². The van der Waals surface area contributed by atoms with E-state index in [-0.39, 0.29) is 18.7 Å². The second kappa shape index (κ2) is 27.5. The van der Waals surface area contributed by atoms with E-state index in [0.717, 1.165) is 91.0 Å². The van der Waals surface area contributed by atoms with Gasteiger partial charge in [0.05, 0.1) is 0 Å². The van der Waals surface area contributed by atoms with Crippen LogP contribution in [0.5, 0.6) is 11.5 Å². The maximum absolute atomic E-state index is 12.3. The number of allylic oxidation sites excluding steroid dienone is 2. The first-order valence-corrected chi connectivity index (χ1v) is 24.0. The van der Waals surface area contributed by atoms with Crippen molar-refractivity contribution in [2.24, 2.45) is 0 Å². The fourth-order valence-corrected chi connectivity index (χ4v) is 8.06. The van der Waals surface area contributed by atoms with Gasteiger partial charge in [0.25, 0.3) is 0 Å². The molecular formula is C54H70N2O2Pd. The Bertz CT molecular complexity index is 1900. The maximum atomic E-state index is 12.3. The molecule has 4 nitrogen and oxygen atoms in total. The molecule has 59 heavy (non-hydrogen) atoms. The van der Waals surface area contributed by atoms with Crippen LogP contribution in [0.1, 0.15) is 165 Å². The van der Waals surface area contributed by atoms with Gasteiger partial charge in [-0.15, -0.1) is 0 Å². The molecule has 4 aromatic carbocycles. The molecule has 1 heterocycles. The Hall–Kier alpha value is -4.22. The number of benzene rings is 4. The molecule has 0 aliphatic carbocycles. The van der Waals surface area contributed by atoms with Crippen LogP contribution in [0.3, 0.4) is 0 Å². The average molecular weight is 886 g/mol. The van der Waals surface area contributed by atoms with E-state index in [0.29, 0.717) is 0 Å². The molecule has 0 unspecified atom stereocenters. The molecule has 0 atom stereocenters. The normalized spacial score (nSPS) is 12.3. The minimum atomic E-state index is -0.207. The van der Waals surface area contributed by atoms with Crippen molar-refractivity contribution in [1.29, 1.82) is 0 Å². The Morgan fingerprint density at radius 3 is 1.32 bits per heavy atom. The molecule has 5 rings (SSSR count). The third kappa shape index (κ3) is 15.7. The van der Waals surface area contributed by atoms with Crippen LogP contribution in [0.15, 0.2) is 108 Å². The monoisotopic (exact) mass is 884 g/mol. The van der Waals surface area contributed by atoms with Gasteiger partial charge in [0, 0.05) is 23.1 Å². The standard InChI is InChI=1S/C42H60N2.2C6H6O.Pd/c1-7-13-19-25-39-40(26-20-14-8-2)42(38-31-35(23-17-11-5)28-36(32-38)24-18-12-6)44(43)41(39)37-29-33(21-15-9-3)27-34(30-37)22-16-10-4;2*7-6-4-2-1-3-5-6;/h27-32H,7-19,21-25H2,1-6H3;2*1-5,7H;/q;;;+2/p-2. The van der Waals surface area contributed by atoms with Gasteiger partial charge in [0.15, 0.2) is 0 Å². The summed E-state index contributed by atoms with van der Waals surface area (Å²) < 4.78 is 12.4. The van der Waals surface area contributed by atoms with E-state index in [1.807, 2.05) is 60.7 Å². The molecule has 1 aliphatic heterocycles. The average Bonchev–Trinajstić information content (AvgIpc) is 3.54. The minimum absolute atomic E-state index is 0.207. The van der Waals surface area contributed by atoms with Gasteiger partial charge in [-0.25, -0.2) is 4.70 Å². The molecule has 1 aliphatic rings. The number of rotatable bonds is 23. The van der Waals surface area contributed by atoms with E-state index in [2.05, 4.69) is 89.8 Å². The Labute approximate surface area is 367 Å². The molecule has 0 radical (unpaired) electrons. The molecule has 0 spiro atoms. The van der Waals surface area contributed by atoms with Crippen LogP contribution in [0, 0.1) is 11.8 Å². The van der Waals surface area contributed by atoms with Crippen molar-refractivity contribution in [3.05, 3.63) is 147 Å². The van der Waals surface area contributed by atoms with Crippen LogP contribution < -0.4 is 6.92 Å². The topological polar surface area (TPSA) is 43.8 Å². The van der Waals surface area contributed by atoms with Crippen molar-refractivity contribution in [3.63, 3.8) is 0 Å². The van der Waals surface area contributed by atoms with Crippen molar-refractivity contribution >= 4 is 11.4 Å². The second-order valence-electron chi connectivity index (χ2n) is 15.7. The Morgan fingerprint density at radius 1 is 0.492 bits per heavy atom. The van der Waals surface area contributed by atoms with Crippen molar-refractivity contribution in [1.82, 2.24) is 0 Å². The molecule has 0 amide bonds. The van der Waals surface area contributed by atoms with E-state index >= 15 is 0 Å². The van der Waals surface area contributed by atoms with Crippen LogP contribution >= 0.6 is 0 Å². The van der Waals surface area contributed by atoms with E-state index in [9.17, 15) is 5.53 Å². The Balaban J connectivity index is 0.000000425. The molecule has 0 N–H and O–H groups in total. The Morgan fingerprint density at radius 2 is 0.915 bits per heavy atom. The number of aryl methyl sites for hydroxylation is 4. The van der Waals surface area contributed by atoms with E-state index < -0.39 is 0 Å². The van der Waals surface area contributed by atoms with Gasteiger partial charge in [-0.3, -0.25) is 0 Å². The number of nitrogens with zero attached hydrogens (tertiary/aromatic N) is 2. The fourth-order valence-electron chi connectivity index (χ4n) is 7.28. The van der Waals surface area contributed by atoms with Gasteiger partial charge in [-0.1, -0.05) is 104 Å². The third-order valence-corrected chi connectivity index (χ3v) is 11.5. The molecule has 0 fully saturated rings. The number of para-hydroxylation sites is 2. The number of unbranched alkanes of at least 4 members (excludes halogenated alkanes) is 7. The zero-order valence-electron chi connectivity index (χ0n) is 37.0. The molecule has 0 aromatic heterocycles. The quantitative estimate of drug-likeness (QED) is 0.0322. The summed E-state index contributed by atoms with van der Waals surface area (Å²) >= 11 is -0.207. The van der Waals surface area contributed by atoms with Gasteiger partial charge in [0.2, 0.25) is 11.4 Å². The van der Waals surface area contributed by atoms with Crippen LogP contribution in [0.4, 0.5) is 0 Å². The van der Waals surface area contributed by atoms with Gasteiger partial charge in [0.1, 0.15) is 5.57 Å². The summed E-state index contributed by atoms with van der Waals surface area (Å²) in [7, 11) is 0. The van der Waals surface area contributed by atoms with Gasteiger partial charge in [-0.05, 0) is 117 Å². The first kappa shape index (κ1) is 47.5. The number of hydrogen-bond acceptors (Lipinski definition) is 2. The second-order valence-corrected chi connectivity index (χ2v) is 16.6. The number of hydrogen-bond donors (Lipinski definition) is 0. The summed E-state index contributed by atoms with van der Waals surface area (Å²) in [6, 6.07) is 33.5. The summed E-state index contributed by atoms with van der Waals surface area (Å²) in [5.41, 5.74) is 24.2. The molecule has 5 heteroatoms. The first-order valence-electron chi connectivity index (χ1n) is 22.7. The molecule has 318 valence electrons. The Kier molecular flexibility index (Phi) is 22.1. The zero-order chi connectivity index (χ0) is 42.1. The summed E-state index contributed by atoms with van der Waals surface area (Å²) in [5, 5.41) is 0. The van der Waals surface area contributed by atoms with E-state index in [1.165, 1.54) is 92.0 Å². The van der Waals surface area contributed by atoms with E-state index in [1.54, 1.807) is 4.70 Å². The zero-order valence-corrected chi connectivity index (χ0v) is 38.5. The van der Waals surface area contributed by atoms with Gasteiger partial charge >= 0.3 is 97.8 Å². The van der Waals surface area contributed by atoms with Crippen LogP contribution in [-0.2, 0) is 44.4 Å². The molecule has 4 aromatic rings. The molecule has 0 saturated heterocycles. The molecular weight excluding hydrogens is 815 g/mol. The third-order valence-electron chi connectivity index (χ3n) is 10.5. The van der Waals surface area contributed by atoms with Crippen LogP contribution in [0.2, 0.25) is 0 Å². The fraction of sp³-hybridized carbons (Fsp3) is 0.444. The SMILES string of the molecule is CCCC#CC1=C(c2cc(CCCC)cc(CCCC)c2)[N+](=[N-])C(c2cc(CCCC)cc(CCCC)c2)=C1CCCCC.c1ccc([O][Pd][O]c2ccccc2)cc1. The summed E-state index contributed by atoms with van der Waals surface area (Å²) in [5.74, 6) is 8.79.